The first-order valence-corrected chi connectivity index (χ1v) is 4.25. The molecule has 1 heterocycles. The number of nitrogens with zero attached hydrogens (tertiary/aromatic N) is 1. The Kier molecular flexibility index (Phi) is 1.68. The molecule has 0 radical (unpaired) electrons. The van der Waals surface area contributed by atoms with Crippen molar-refractivity contribution < 1.29 is 4.79 Å². The molecule has 0 atom stereocenters. The summed E-state index contributed by atoms with van der Waals surface area (Å²) in [6.45, 7) is 1.93. The highest BCUT2D eigenvalue weighted by Gasteiger charge is 2.31. The van der Waals surface area contributed by atoms with Gasteiger partial charge in [0.15, 0.2) is 5.78 Å². The van der Waals surface area contributed by atoms with Crippen LogP contribution in [0.15, 0.2) is 18.3 Å². The van der Waals surface area contributed by atoms with Gasteiger partial charge in [-0.05, 0) is 31.4 Å². The van der Waals surface area contributed by atoms with Crippen LogP contribution in [0, 0.1) is 12.8 Å². The average Bonchev–Trinajstić information content (AvgIpc) is 2.86. The second-order valence-electron chi connectivity index (χ2n) is 3.31. The molecule has 0 saturated heterocycles. The minimum absolute atomic E-state index is 0.230. The Balaban J connectivity index is 2.32. The number of Topliss-reactive ketones (excluding diaryl/α,β-unsaturated/α-hetero) is 1. The van der Waals surface area contributed by atoms with E-state index in [-0.39, 0.29) is 11.7 Å². The third-order valence-corrected chi connectivity index (χ3v) is 2.19. The third kappa shape index (κ3) is 1.24. The van der Waals surface area contributed by atoms with Crippen molar-refractivity contribution in [3.63, 3.8) is 0 Å². The molecular weight excluding hydrogens is 150 g/mol. The monoisotopic (exact) mass is 161 g/mol. The third-order valence-electron chi connectivity index (χ3n) is 2.19. The first-order valence-electron chi connectivity index (χ1n) is 4.25. The van der Waals surface area contributed by atoms with Gasteiger partial charge in [0.05, 0.1) is 0 Å². The van der Waals surface area contributed by atoms with Crippen LogP contribution in [0.4, 0.5) is 0 Å². The molecule has 1 saturated carbocycles. The molecule has 0 aliphatic heterocycles. The van der Waals surface area contributed by atoms with Crippen molar-refractivity contribution in [1.29, 1.82) is 0 Å². The minimum Gasteiger partial charge on any atom is -0.292 e. The van der Waals surface area contributed by atoms with Crippen molar-refractivity contribution in [2.45, 2.75) is 19.8 Å². The second-order valence-corrected chi connectivity index (χ2v) is 3.31. The van der Waals surface area contributed by atoms with Crippen LogP contribution >= 0.6 is 0 Å². The summed E-state index contributed by atoms with van der Waals surface area (Å²) < 4.78 is 0. The smallest absolute Gasteiger partial charge is 0.184 e. The lowest BCUT2D eigenvalue weighted by Gasteiger charge is -2.00. The lowest BCUT2D eigenvalue weighted by molar-refractivity contribution is 0.0962. The summed E-state index contributed by atoms with van der Waals surface area (Å²) in [5, 5.41) is 0. The molecule has 1 aliphatic carbocycles. The van der Waals surface area contributed by atoms with Crippen molar-refractivity contribution in [2.75, 3.05) is 0 Å². The molecule has 0 bridgehead atoms. The highest BCUT2D eigenvalue weighted by atomic mass is 16.1. The predicted octanol–water partition coefficient (Wildman–Crippen LogP) is 1.98. The summed E-state index contributed by atoms with van der Waals surface area (Å²) in [5.74, 6) is 0.506. The summed E-state index contributed by atoms with van der Waals surface area (Å²) >= 11 is 0. The van der Waals surface area contributed by atoms with Gasteiger partial charge < -0.3 is 0 Å². The predicted molar refractivity (Wildman–Crippen MR) is 46.0 cm³/mol. The number of hydrogen-bond acceptors (Lipinski definition) is 2. The van der Waals surface area contributed by atoms with Crippen molar-refractivity contribution >= 4 is 5.78 Å². The van der Waals surface area contributed by atoms with E-state index in [0.29, 0.717) is 5.69 Å². The Hall–Kier alpha value is -1.18. The molecule has 2 rings (SSSR count). The van der Waals surface area contributed by atoms with E-state index in [1.165, 1.54) is 0 Å². The van der Waals surface area contributed by atoms with Crippen molar-refractivity contribution in [3.8, 4) is 0 Å². The van der Waals surface area contributed by atoms with Crippen molar-refractivity contribution in [3.05, 3.63) is 29.6 Å². The number of pyridine rings is 1. The van der Waals surface area contributed by atoms with Crippen molar-refractivity contribution in [1.82, 2.24) is 4.98 Å². The average molecular weight is 161 g/mol. The Morgan fingerprint density at radius 1 is 1.58 bits per heavy atom. The number of carbonyl (C=O) groups excluding carboxylic acids is 1. The fourth-order valence-corrected chi connectivity index (χ4v) is 1.28. The van der Waals surface area contributed by atoms with Gasteiger partial charge in [-0.1, -0.05) is 6.07 Å². The van der Waals surface area contributed by atoms with Gasteiger partial charge in [-0.25, -0.2) is 0 Å². The molecule has 1 aromatic rings. The number of rotatable bonds is 2. The number of hydrogen-bond donors (Lipinski definition) is 0. The lowest BCUT2D eigenvalue weighted by Crippen LogP contribution is -2.05. The SMILES string of the molecule is Cc1cccnc1C(=O)C1CC1. The summed E-state index contributed by atoms with van der Waals surface area (Å²) in [6, 6.07) is 3.79. The first kappa shape index (κ1) is 7.47. The normalized spacial score (nSPS) is 16.1. The molecule has 0 spiro atoms. The summed E-state index contributed by atoms with van der Waals surface area (Å²) in [5.41, 5.74) is 1.66. The second kappa shape index (κ2) is 2.70. The van der Waals surface area contributed by atoms with E-state index in [4.69, 9.17) is 0 Å². The zero-order valence-corrected chi connectivity index (χ0v) is 7.08. The molecule has 1 fully saturated rings. The van der Waals surface area contributed by atoms with Gasteiger partial charge in [-0.2, -0.15) is 0 Å². The highest BCUT2D eigenvalue weighted by Crippen LogP contribution is 2.32. The Labute approximate surface area is 71.6 Å². The fourth-order valence-electron chi connectivity index (χ4n) is 1.28. The van der Waals surface area contributed by atoms with Gasteiger partial charge in [0.25, 0.3) is 0 Å². The Morgan fingerprint density at radius 2 is 2.33 bits per heavy atom. The van der Waals surface area contributed by atoms with Gasteiger partial charge in [0, 0.05) is 12.1 Å². The zero-order valence-electron chi connectivity index (χ0n) is 7.08. The highest BCUT2D eigenvalue weighted by molar-refractivity contribution is 5.98. The van der Waals surface area contributed by atoms with E-state index in [0.717, 1.165) is 18.4 Å². The summed E-state index contributed by atoms with van der Waals surface area (Å²) in [4.78, 5) is 15.7. The first-order chi connectivity index (χ1) is 5.79. The molecule has 1 aromatic heterocycles. The van der Waals surface area contributed by atoms with Gasteiger partial charge in [0.2, 0.25) is 0 Å². The Bertz CT molecular complexity index is 315. The quantitative estimate of drug-likeness (QED) is 0.621. The summed E-state index contributed by atoms with van der Waals surface area (Å²) in [6.07, 6.45) is 3.78. The Morgan fingerprint density at radius 3 is 2.92 bits per heavy atom. The lowest BCUT2D eigenvalue weighted by atomic mass is 10.1. The van der Waals surface area contributed by atoms with Crippen LogP contribution in [0.3, 0.4) is 0 Å². The van der Waals surface area contributed by atoms with Crippen molar-refractivity contribution in [2.24, 2.45) is 5.92 Å². The maximum absolute atomic E-state index is 11.6. The number of aromatic nitrogens is 1. The van der Waals surface area contributed by atoms with Gasteiger partial charge >= 0.3 is 0 Å². The number of carbonyl (C=O) groups is 1. The number of ketones is 1. The van der Waals surface area contributed by atoms with E-state index in [9.17, 15) is 4.79 Å². The van der Waals surface area contributed by atoms with E-state index in [1.54, 1.807) is 6.20 Å². The van der Waals surface area contributed by atoms with Gasteiger partial charge in [0.1, 0.15) is 5.69 Å². The van der Waals surface area contributed by atoms with Crippen LogP contribution in [0.25, 0.3) is 0 Å². The van der Waals surface area contributed by atoms with E-state index in [1.807, 2.05) is 19.1 Å². The molecule has 62 valence electrons. The molecular formula is C10H11NO. The van der Waals surface area contributed by atoms with E-state index >= 15 is 0 Å². The van der Waals surface area contributed by atoms with E-state index < -0.39 is 0 Å². The van der Waals surface area contributed by atoms with Crippen LogP contribution < -0.4 is 0 Å². The van der Waals surface area contributed by atoms with Crippen LogP contribution in [-0.2, 0) is 0 Å². The minimum atomic E-state index is 0.230. The zero-order chi connectivity index (χ0) is 8.55. The fraction of sp³-hybridized carbons (Fsp3) is 0.400. The summed E-state index contributed by atoms with van der Waals surface area (Å²) in [7, 11) is 0. The molecule has 1 aliphatic rings. The molecule has 0 N–H and O–H groups in total. The maximum Gasteiger partial charge on any atom is 0.184 e. The molecule has 2 nitrogen and oxygen atoms in total. The molecule has 0 amide bonds. The standard InChI is InChI=1S/C10H11NO/c1-7-3-2-6-11-9(7)10(12)8-4-5-8/h2-3,6,8H,4-5H2,1H3. The molecule has 2 heteroatoms. The van der Waals surface area contributed by atoms with Crippen LogP contribution in [0.1, 0.15) is 28.9 Å². The van der Waals surface area contributed by atoms with Crippen LogP contribution in [0.2, 0.25) is 0 Å². The van der Waals surface area contributed by atoms with Gasteiger partial charge in [-0.3, -0.25) is 9.78 Å². The number of aryl methyl sites for hydroxylation is 1. The molecule has 0 aromatic carbocycles. The largest absolute Gasteiger partial charge is 0.292 e. The van der Waals surface area contributed by atoms with Crippen LogP contribution in [0.5, 0.6) is 0 Å². The van der Waals surface area contributed by atoms with Gasteiger partial charge in [-0.15, -0.1) is 0 Å². The molecule has 12 heavy (non-hydrogen) atoms. The van der Waals surface area contributed by atoms with E-state index in [2.05, 4.69) is 4.98 Å². The van der Waals surface area contributed by atoms with Crippen LogP contribution in [-0.4, -0.2) is 10.8 Å². The maximum atomic E-state index is 11.6. The topological polar surface area (TPSA) is 30.0 Å². The molecule has 0 unspecified atom stereocenters.